The molecule has 2 aliphatic heterocycles. The predicted octanol–water partition coefficient (Wildman–Crippen LogP) is 4.19. The van der Waals surface area contributed by atoms with Gasteiger partial charge in [0.2, 0.25) is 0 Å². The average Bonchev–Trinajstić information content (AvgIpc) is 3.46. The SMILES string of the molecule is Cc1cc(-c2cc(C)c3c(n2)N(C(=O)Nc2cc(-c4cnn(C)c4)ccn2)[C@H]2CCN3C2)ccn1. The van der Waals surface area contributed by atoms with E-state index in [4.69, 9.17) is 4.98 Å². The fraction of sp³-hybridized carbons (Fsp3) is 0.269. The highest BCUT2D eigenvalue weighted by molar-refractivity contribution is 6.05. The first-order valence-corrected chi connectivity index (χ1v) is 11.7. The maximum Gasteiger partial charge on any atom is 0.329 e. The Balaban J connectivity index is 1.36. The fourth-order valence-electron chi connectivity index (χ4n) is 5.07. The summed E-state index contributed by atoms with van der Waals surface area (Å²) in [7, 11) is 1.88. The number of nitrogens with zero attached hydrogens (tertiary/aromatic N) is 7. The lowest BCUT2D eigenvalue weighted by Gasteiger charge is -2.36. The molecule has 1 N–H and O–H groups in total. The first kappa shape index (κ1) is 21.3. The molecule has 4 aromatic heterocycles. The Morgan fingerprint density at radius 2 is 1.89 bits per heavy atom. The molecule has 0 aromatic carbocycles. The monoisotopic (exact) mass is 466 g/mol. The number of carbonyl (C=O) groups is 1. The number of urea groups is 1. The number of aromatic nitrogens is 5. The first-order chi connectivity index (χ1) is 17.0. The Morgan fingerprint density at radius 3 is 2.69 bits per heavy atom. The lowest BCUT2D eigenvalue weighted by atomic mass is 10.1. The normalized spacial score (nSPS) is 16.4. The predicted molar refractivity (Wildman–Crippen MR) is 135 cm³/mol. The number of carbonyl (C=O) groups excluding carboxylic acids is 1. The molecule has 0 spiro atoms. The van der Waals surface area contributed by atoms with Crippen LogP contribution in [0.3, 0.4) is 0 Å². The van der Waals surface area contributed by atoms with Crippen LogP contribution < -0.4 is 15.1 Å². The van der Waals surface area contributed by atoms with Crippen molar-refractivity contribution in [1.29, 1.82) is 0 Å². The molecule has 35 heavy (non-hydrogen) atoms. The quantitative estimate of drug-likeness (QED) is 0.487. The number of nitrogens with one attached hydrogen (secondary N) is 1. The summed E-state index contributed by atoms with van der Waals surface area (Å²) in [4.78, 5) is 31.5. The molecule has 6 heterocycles. The third kappa shape index (κ3) is 3.78. The molecule has 0 aliphatic carbocycles. The van der Waals surface area contributed by atoms with Crippen LogP contribution >= 0.6 is 0 Å². The molecular formula is C26H26N8O. The lowest BCUT2D eigenvalue weighted by Crippen LogP contribution is -2.48. The highest BCUT2D eigenvalue weighted by Gasteiger charge is 2.41. The van der Waals surface area contributed by atoms with Gasteiger partial charge in [0.05, 0.1) is 23.6 Å². The van der Waals surface area contributed by atoms with Crippen molar-refractivity contribution >= 4 is 23.4 Å². The highest BCUT2D eigenvalue weighted by Crippen LogP contribution is 2.42. The molecule has 1 fully saturated rings. The van der Waals surface area contributed by atoms with E-state index in [0.717, 1.165) is 58.8 Å². The van der Waals surface area contributed by atoms with E-state index < -0.39 is 0 Å². The van der Waals surface area contributed by atoms with E-state index >= 15 is 0 Å². The summed E-state index contributed by atoms with van der Waals surface area (Å²) in [6, 6.07) is 9.69. The molecule has 2 aliphatic rings. The van der Waals surface area contributed by atoms with Gasteiger partial charge in [-0.25, -0.2) is 14.8 Å². The van der Waals surface area contributed by atoms with Gasteiger partial charge in [0.1, 0.15) is 5.82 Å². The smallest absolute Gasteiger partial charge is 0.329 e. The number of aryl methyl sites for hydroxylation is 3. The van der Waals surface area contributed by atoms with Crippen LogP contribution in [-0.4, -0.2) is 49.9 Å². The van der Waals surface area contributed by atoms with Crippen molar-refractivity contribution in [3.05, 3.63) is 66.4 Å². The summed E-state index contributed by atoms with van der Waals surface area (Å²) < 4.78 is 1.75. The summed E-state index contributed by atoms with van der Waals surface area (Å²) in [6.45, 7) is 5.77. The van der Waals surface area contributed by atoms with Crippen LogP contribution in [-0.2, 0) is 7.05 Å². The highest BCUT2D eigenvalue weighted by atomic mass is 16.2. The molecule has 2 bridgehead atoms. The van der Waals surface area contributed by atoms with Crippen molar-refractivity contribution in [3.63, 3.8) is 0 Å². The van der Waals surface area contributed by atoms with E-state index in [0.29, 0.717) is 11.6 Å². The van der Waals surface area contributed by atoms with Gasteiger partial charge in [-0.2, -0.15) is 5.10 Å². The number of amides is 2. The second-order valence-electron chi connectivity index (χ2n) is 9.20. The Bertz CT molecular complexity index is 1450. The van der Waals surface area contributed by atoms with Gasteiger partial charge in [0.25, 0.3) is 0 Å². The molecule has 1 saturated heterocycles. The third-order valence-corrected chi connectivity index (χ3v) is 6.68. The summed E-state index contributed by atoms with van der Waals surface area (Å²) in [5.74, 6) is 1.19. The largest absolute Gasteiger partial charge is 0.366 e. The second kappa shape index (κ2) is 8.19. The molecule has 0 saturated carbocycles. The Morgan fingerprint density at radius 1 is 1.06 bits per heavy atom. The van der Waals surface area contributed by atoms with Gasteiger partial charge in [-0.3, -0.25) is 19.9 Å². The van der Waals surface area contributed by atoms with Crippen molar-refractivity contribution in [3.8, 4) is 22.4 Å². The standard InChI is InChI=1S/C26H26N8O/c1-16-10-22(19-5-7-27-17(2)11-19)30-25-24(16)33-9-6-21(15-33)34(25)26(35)31-23-12-18(4-8-28-23)20-13-29-32(3)14-20/h4-5,7-8,10-14,21H,6,9,15H2,1-3H3,(H,28,31,35)/t21-/m0/s1. The van der Waals surface area contributed by atoms with E-state index in [1.807, 2.05) is 49.3 Å². The van der Waals surface area contributed by atoms with Crippen molar-refractivity contribution in [2.24, 2.45) is 7.05 Å². The van der Waals surface area contributed by atoms with Crippen LogP contribution in [0.2, 0.25) is 0 Å². The number of anilines is 3. The van der Waals surface area contributed by atoms with Crippen LogP contribution in [0.4, 0.5) is 22.1 Å². The minimum absolute atomic E-state index is 0.0605. The van der Waals surface area contributed by atoms with Crippen LogP contribution in [0.1, 0.15) is 17.7 Å². The molecule has 9 nitrogen and oxygen atoms in total. The van der Waals surface area contributed by atoms with Gasteiger partial charge in [0, 0.05) is 55.5 Å². The van der Waals surface area contributed by atoms with Crippen molar-refractivity contribution in [1.82, 2.24) is 24.7 Å². The van der Waals surface area contributed by atoms with Crippen LogP contribution in [0.5, 0.6) is 0 Å². The second-order valence-corrected chi connectivity index (χ2v) is 9.20. The molecule has 6 rings (SSSR count). The summed E-state index contributed by atoms with van der Waals surface area (Å²) >= 11 is 0. The molecule has 4 aromatic rings. The first-order valence-electron chi connectivity index (χ1n) is 11.7. The van der Waals surface area contributed by atoms with E-state index in [1.54, 1.807) is 23.3 Å². The van der Waals surface area contributed by atoms with E-state index in [1.165, 1.54) is 0 Å². The van der Waals surface area contributed by atoms with Crippen LogP contribution in [0.25, 0.3) is 22.4 Å². The molecule has 0 unspecified atom stereocenters. The minimum atomic E-state index is -0.219. The van der Waals surface area contributed by atoms with Gasteiger partial charge in [0.15, 0.2) is 5.82 Å². The topological polar surface area (TPSA) is 92.1 Å². The molecule has 2 amide bonds. The maximum atomic E-state index is 13.7. The zero-order valence-corrected chi connectivity index (χ0v) is 19.9. The number of hydrogen-bond donors (Lipinski definition) is 1. The minimum Gasteiger partial charge on any atom is -0.366 e. The Hall–Kier alpha value is -4.27. The summed E-state index contributed by atoms with van der Waals surface area (Å²) in [5, 5.41) is 7.26. The van der Waals surface area contributed by atoms with Gasteiger partial charge in [-0.1, -0.05) is 0 Å². The lowest BCUT2D eigenvalue weighted by molar-refractivity contribution is 0.254. The molecule has 1 atom stereocenters. The molecule has 0 radical (unpaired) electrons. The number of pyridine rings is 3. The van der Waals surface area contributed by atoms with E-state index in [-0.39, 0.29) is 12.1 Å². The Kier molecular flexibility index (Phi) is 4.98. The van der Waals surface area contributed by atoms with Gasteiger partial charge >= 0.3 is 6.03 Å². The fourth-order valence-corrected chi connectivity index (χ4v) is 5.07. The zero-order chi connectivity index (χ0) is 24.1. The number of rotatable bonds is 3. The average molecular weight is 467 g/mol. The van der Waals surface area contributed by atoms with Gasteiger partial charge in [-0.15, -0.1) is 0 Å². The van der Waals surface area contributed by atoms with Gasteiger partial charge < -0.3 is 4.90 Å². The van der Waals surface area contributed by atoms with Crippen molar-refractivity contribution in [2.45, 2.75) is 26.3 Å². The zero-order valence-electron chi connectivity index (χ0n) is 19.9. The number of hydrogen-bond acceptors (Lipinski definition) is 6. The Labute approximate surface area is 203 Å². The van der Waals surface area contributed by atoms with Crippen LogP contribution in [0, 0.1) is 13.8 Å². The van der Waals surface area contributed by atoms with E-state index in [2.05, 4.69) is 38.3 Å². The van der Waals surface area contributed by atoms with E-state index in [9.17, 15) is 4.79 Å². The maximum absolute atomic E-state index is 13.7. The summed E-state index contributed by atoms with van der Waals surface area (Å²) in [5.41, 5.74) is 6.80. The molecule has 9 heteroatoms. The van der Waals surface area contributed by atoms with Gasteiger partial charge in [-0.05, 0) is 61.7 Å². The van der Waals surface area contributed by atoms with Crippen molar-refractivity contribution in [2.75, 3.05) is 28.2 Å². The van der Waals surface area contributed by atoms with Crippen molar-refractivity contribution < 1.29 is 4.79 Å². The van der Waals surface area contributed by atoms with Crippen LogP contribution in [0.15, 0.2) is 55.1 Å². The number of fused-ring (bicyclic) bond motifs is 4. The third-order valence-electron chi connectivity index (χ3n) is 6.68. The molecule has 176 valence electrons. The molecular weight excluding hydrogens is 440 g/mol. The summed E-state index contributed by atoms with van der Waals surface area (Å²) in [6.07, 6.45) is 8.12.